The maximum Gasteiger partial charge on any atom is 0.237 e. The van der Waals surface area contributed by atoms with Crippen LogP contribution >= 0.6 is 0 Å². The Bertz CT molecular complexity index is 818. The van der Waals surface area contributed by atoms with Gasteiger partial charge in [0.15, 0.2) is 0 Å². The average molecular weight is 306 g/mol. The number of H-pyrrole nitrogens is 1. The Kier molecular flexibility index (Phi) is 3.95. The maximum absolute atomic E-state index is 13.3. The molecule has 23 heavy (non-hydrogen) atoms. The topological polar surface area (TPSA) is 36.1 Å². The van der Waals surface area contributed by atoms with Gasteiger partial charge in [-0.15, -0.1) is 0 Å². The van der Waals surface area contributed by atoms with E-state index in [-0.39, 0.29) is 5.91 Å². The van der Waals surface area contributed by atoms with Crippen molar-refractivity contribution >= 4 is 22.5 Å². The summed E-state index contributed by atoms with van der Waals surface area (Å²) in [5.41, 5.74) is 2.43. The normalized spacial score (nSPS) is 11.6. The number of aromatic amines is 1. The lowest BCUT2D eigenvalue weighted by Gasteiger charge is -2.31. The summed E-state index contributed by atoms with van der Waals surface area (Å²) in [5.74, 6) is 0.107. The van der Waals surface area contributed by atoms with Crippen molar-refractivity contribution in [3.8, 4) is 0 Å². The monoisotopic (exact) mass is 306 g/mol. The lowest BCUT2D eigenvalue weighted by Crippen LogP contribution is -2.43. The van der Waals surface area contributed by atoms with Crippen molar-refractivity contribution in [1.29, 1.82) is 0 Å². The summed E-state index contributed by atoms with van der Waals surface area (Å²) >= 11 is 0. The Morgan fingerprint density at radius 2 is 1.70 bits per heavy atom. The first-order chi connectivity index (χ1) is 11.1. The van der Waals surface area contributed by atoms with Crippen molar-refractivity contribution < 1.29 is 4.79 Å². The van der Waals surface area contributed by atoms with Crippen molar-refractivity contribution in [3.63, 3.8) is 0 Å². The molecule has 0 radical (unpaired) electrons. The van der Waals surface area contributed by atoms with Gasteiger partial charge < -0.3 is 9.88 Å². The first-order valence-corrected chi connectivity index (χ1v) is 7.99. The third-order valence-corrected chi connectivity index (χ3v) is 4.43. The number of fused-ring (bicyclic) bond motifs is 1. The standard InChI is InChI=1S/C20H22N2O/c1-4-22(15-10-6-5-7-11-15)19(23)20(2,3)17-14-21-18-13-9-8-12-16(17)18/h5-14,21H,4H2,1-3H3. The molecule has 1 amide bonds. The molecule has 2 aromatic carbocycles. The van der Waals surface area contributed by atoms with E-state index in [1.807, 2.05) is 80.4 Å². The molecule has 0 saturated heterocycles. The van der Waals surface area contributed by atoms with Crippen LogP contribution in [0, 0.1) is 0 Å². The van der Waals surface area contributed by atoms with Gasteiger partial charge in [0.25, 0.3) is 0 Å². The second kappa shape index (κ2) is 5.92. The molecule has 0 atom stereocenters. The van der Waals surface area contributed by atoms with E-state index < -0.39 is 5.41 Å². The molecule has 118 valence electrons. The van der Waals surface area contributed by atoms with E-state index in [4.69, 9.17) is 0 Å². The minimum Gasteiger partial charge on any atom is -0.361 e. The van der Waals surface area contributed by atoms with Crippen LogP contribution in [0.4, 0.5) is 5.69 Å². The summed E-state index contributed by atoms with van der Waals surface area (Å²) in [6.07, 6.45) is 1.96. The number of rotatable bonds is 4. The van der Waals surface area contributed by atoms with Gasteiger partial charge in [-0.2, -0.15) is 0 Å². The van der Waals surface area contributed by atoms with Gasteiger partial charge in [-0.05, 0) is 44.5 Å². The van der Waals surface area contributed by atoms with E-state index in [9.17, 15) is 4.79 Å². The number of aromatic nitrogens is 1. The first-order valence-electron chi connectivity index (χ1n) is 7.99. The fraction of sp³-hybridized carbons (Fsp3) is 0.250. The molecule has 3 rings (SSSR count). The lowest BCUT2D eigenvalue weighted by atomic mass is 9.82. The van der Waals surface area contributed by atoms with E-state index in [0.29, 0.717) is 6.54 Å². The summed E-state index contributed by atoms with van der Waals surface area (Å²) in [7, 11) is 0. The second-order valence-corrected chi connectivity index (χ2v) is 6.26. The lowest BCUT2D eigenvalue weighted by molar-refractivity contribution is -0.122. The summed E-state index contributed by atoms with van der Waals surface area (Å²) in [6.45, 7) is 6.65. The van der Waals surface area contributed by atoms with Gasteiger partial charge in [0, 0.05) is 29.3 Å². The largest absolute Gasteiger partial charge is 0.361 e. The number of hydrogen-bond acceptors (Lipinski definition) is 1. The molecule has 0 aliphatic rings. The SMILES string of the molecule is CCN(C(=O)C(C)(C)c1c[nH]c2ccccc12)c1ccccc1. The van der Waals surface area contributed by atoms with Crippen LogP contribution in [0.3, 0.4) is 0 Å². The predicted octanol–water partition coefficient (Wildman–Crippen LogP) is 4.50. The van der Waals surface area contributed by atoms with Crippen LogP contribution in [-0.2, 0) is 10.2 Å². The van der Waals surface area contributed by atoms with E-state index >= 15 is 0 Å². The highest BCUT2D eigenvalue weighted by Gasteiger charge is 2.35. The maximum atomic E-state index is 13.3. The summed E-state index contributed by atoms with van der Waals surface area (Å²) < 4.78 is 0. The predicted molar refractivity (Wildman–Crippen MR) is 95.8 cm³/mol. The van der Waals surface area contributed by atoms with Crippen LogP contribution in [0.15, 0.2) is 60.8 Å². The highest BCUT2D eigenvalue weighted by molar-refractivity contribution is 6.03. The summed E-state index contributed by atoms with van der Waals surface area (Å²) in [4.78, 5) is 18.4. The van der Waals surface area contributed by atoms with Gasteiger partial charge in [-0.3, -0.25) is 4.79 Å². The van der Waals surface area contributed by atoms with E-state index in [0.717, 1.165) is 22.2 Å². The van der Waals surface area contributed by atoms with Crippen LogP contribution in [0.2, 0.25) is 0 Å². The molecule has 0 fully saturated rings. The quantitative estimate of drug-likeness (QED) is 0.757. The number of amides is 1. The summed E-state index contributed by atoms with van der Waals surface area (Å²) in [5, 5.41) is 1.11. The third-order valence-electron chi connectivity index (χ3n) is 4.43. The van der Waals surface area contributed by atoms with Gasteiger partial charge >= 0.3 is 0 Å². The number of nitrogens with one attached hydrogen (secondary N) is 1. The van der Waals surface area contributed by atoms with Crippen LogP contribution in [0.1, 0.15) is 26.3 Å². The Morgan fingerprint density at radius 3 is 2.39 bits per heavy atom. The van der Waals surface area contributed by atoms with Gasteiger partial charge in [0.05, 0.1) is 5.41 Å². The molecule has 0 bridgehead atoms. The van der Waals surface area contributed by atoms with Crippen molar-refractivity contribution in [2.45, 2.75) is 26.2 Å². The third kappa shape index (κ3) is 2.63. The molecule has 3 heteroatoms. The van der Waals surface area contributed by atoms with E-state index in [2.05, 4.69) is 11.1 Å². The van der Waals surface area contributed by atoms with E-state index in [1.165, 1.54) is 0 Å². The average Bonchev–Trinajstić information content (AvgIpc) is 3.01. The number of benzene rings is 2. The van der Waals surface area contributed by atoms with Crippen molar-refractivity contribution in [1.82, 2.24) is 4.98 Å². The van der Waals surface area contributed by atoms with Gasteiger partial charge in [0.2, 0.25) is 5.91 Å². The molecule has 3 nitrogen and oxygen atoms in total. The number of carbonyl (C=O) groups excluding carboxylic acids is 1. The molecule has 1 N–H and O–H groups in total. The van der Waals surface area contributed by atoms with Crippen molar-refractivity contribution in [3.05, 3.63) is 66.4 Å². The molecular formula is C20H22N2O. The Labute approximate surface area is 136 Å². The number of nitrogens with zero attached hydrogens (tertiary/aromatic N) is 1. The molecular weight excluding hydrogens is 284 g/mol. The zero-order chi connectivity index (χ0) is 16.4. The van der Waals surface area contributed by atoms with Gasteiger partial charge in [0.1, 0.15) is 0 Å². The minimum atomic E-state index is -0.606. The van der Waals surface area contributed by atoms with E-state index in [1.54, 1.807) is 0 Å². The molecule has 3 aromatic rings. The van der Waals surface area contributed by atoms with Gasteiger partial charge in [-0.1, -0.05) is 36.4 Å². The van der Waals surface area contributed by atoms with Crippen LogP contribution in [-0.4, -0.2) is 17.4 Å². The smallest absolute Gasteiger partial charge is 0.237 e. The van der Waals surface area contributed by atoms with Crippen molar-refractivity contribution in [2.75, 3.05) is 11.4 Å². The van der Waals surface area contributed by atoms with Crippen LogP contribution < -0.4 is 4.90 Å². The molecule has 0 aliphatic heterocycles. The Morgan fingerprint density at radius 1 is 1.04 bits per heavy atom. The number of anilines is 1. The first kappa shape index (κ1) is 15.3. The molecule has 0 aliphatic carbocycles. The Balaban J connectivity index is 2.02. The van der Waals surface area contributed by atoms with Crippen molar-refractivity contribution in [2.24, 2.45) is 0 Å². The number of carbonyl (C=O) groups is 1. The molecule has 1 aromatic heterocycles. The fourth-order valence-corrected chi connectivity index (χ4v) is 3.09. The Hall–Kier alpha value is -2.55. The molecule has 0 unspecified atom stereocenters. The fourth-order valence-electron chi connectivity index (χ4n) is 3.09. The van der Waals surface area contributed by atoms with Crippen LogP contribution in [0.25, 0.3) is 10.9 Å². The number of hydrogen-bond donors (Lipinski definition) is 1. The zero-order valence-corrected chi connectivity index (χ0v) is 13.8. The number of para-hydroxylation sites is 2. The second-order valence-electron chi connectivity index (χ2n) is 6.26. The number of likely N-dealkylation sites (N-methyl/N-ethyl adjacent to an activating group) is 1. The highest BCUT2D eigenvalue weighted by Crippen LogP contribution is 2.33. The molecule has 0 spiro atoms. The van der Waals surface area contributed by atoms with Crippen LogP contribution in [0.5, 0.6) is 0 Å². The zero-order valence-electron chi connectivity index (χ0n) is 13.8. The highest BCUT2D eigenvalue weighted by atomic mass is 16.2. The molecule has 0 saturated carbocycles. The summed E-state index contributed by atoms with van der Waals surface area (Å²) in [6, 6.07) is 18.0. The minimum absolute atomic E-state index is 0.107. The van der Waals surface area contributed by atoms with Gasteiger partial charge in [-0.25, -0.2) is 0 Å². The molecule has 1 heterocycles.